The van der Waals surface area contributed by atoms with Gasteiger partial charge in [-0.25, -0.2) is 0 Å². The van der Waals surface area contributed by atoms with Gasteiger partial charge in [-0.05, 0) is 44.9 Å². The molecule has 0 fully saturated rings. The molecule has 4 heteroatoms. The predicted octanol–water partition coefficient (Wildman–Crippen LogP) is 2.11. The average Bonchev–Trinajstić information content (AvgIpc) is 2.37. The van der Waals surface area contributed by atoms with Crippen LogP contribution in [-0.2, 0) is 4.79 Å². The molecule has 20 heavy (non-hydrogen) atoms. The third kappa shape index (κ3) is 5.61. The van der Waals surface area contributed by atoms with Crippen molar-refractivity contribution in [1.29, 1.82) is 0 Å². The normalized spacial score (nSPS) is 10.4. The van der Waals surface area contributed by atoms with Crippen molar-refractivity contribution in [2.24, 2.45) is 0 Å². The van der Waals surface area contributed by atoms with E-state index >= 15 is 0 Å². The highest BCUT2D eigenvalue weighted by molar-refractivity contribution is 5.77. The molecule has 4 nitrogen and oxygen atoms in total. The molecular weight excluding hydrogens is 252 g/mol. The van der Waals surface area contributed by atoms with Gasteiger partial charge < -0.3 is 15.4 Å². The molecule has 0 saturated carbocycles. The molecule has 0 atom stereocenters. The van der Waals surface area contributed by atoms with Gasteiger partial charge in [0.15, 0.2) is 6.61 Å². The maximum Gasteiger partial charge on any atom is 0.257 e. The summed E-state index contributed by atoms with van der Waals surface area (Å²) in [4.78, 5) is 11.7. The molecular formula is C16H26N2O2. The van der Waals surface area contributed by atoms with Gasteiger partial charge in [0.1, 0.15) is 5.75 Å². The summed E-state index contributed by atoms with van der Waals surface area (Å²) >= 11 is 0. The zero-order valence-electron chi connectivity index (χ0n) is 13.0. The van der Waals surface area contributed by atoms with Gasteiger partial charge in [-0.15, -0.1) is 0 Å². The SMILES string of the molecule is CCCNCCNC(=O)COc1c(C)cc(C)cc1C. The Balaban J connectivity index is 2.34. The van der Waals surface area contributed by atoms with E-state index in [0.717, 1.165) is 36.4 Å². The highest BCUT2D eigenvalue weighted by Crippen LogP contribution is 2.24. The molecule has 1 rings (SSSR count). The summed E-state index contributed by atoms with van der Waals surface area (Å²) in [5, 5.41) is 6.07. The van der Waals surface area contributed by atoms with E-state index < -0.39 is 0 Å². The first-order chi connectivity index (χ1) is 9.54. The third-order valence-electron chi connectivity index (χ3n) is 3.00. The number of aryl methyl sites for hydroxylation is 3. The van der Waals surface area contributed by atoms with Crippen molar-refractivity contribution >= 4 is 5.91 Å². The van der Waals surface area contributed by atoms with Gasteiger partial charge in [-0.1, -0.05) is 24.6 Å². The van der Waals surface area contributed by atoms with Crippen molar-refractivity contribution in [3.63, 3.8) is 0 Å². The summed E-state index contributed by atoms with van der Waals surface area (Å²) in [6.45, 7) is 10.7. The summed E-state index contributed by atoms with van der Waals surface area (Å²) in [6, 6.07) is 4.13. The van der Waals surface area contributed by atoms with E-state index in [2.05, 4.69) is 36.6 Å². The lowest BCUT2D eigenvalue weighted by Gasteiger charge is -2.13. The molecule has 0 aliphatic heterocycles. The lowest BCUT2D eigenvalue weighted by molar-refractivity contribution is -0.123. The number of carbonyl (C=O) groups excluding carboxylic acids is 1. The molecule has 1 aromatic rings. The molecule has 0 aliphatic carbocycles. The molecule has 0 bridgehead atoms. The van der Waals surface area contributed by atoms with E-state index in [-0.39, 0.29) is 12.5 Å². The standard InChI is InChI=1S/C16H26N2O2/c1-5-6-17-7-8-18-15(19)11-20-16-13(3)9-12(2)10-14(16)4/h9-10,17H,5-8,11H2,1-4H3,(H,18,19). The Bertz CT molecular complexity index is 421. The Morgan fingerprint density at radius 3 is 2.35 bits per heavy atom. The Morgan fingerprint density at radius 2 is 1.75 bits per heavy atom. The van der Waals surface area contributed by atoms with Crippen molar-refractivity contribution in [3.8, 4) is 5.75 Å². The van der Waals surface area contributed by atoms with Crippen LogP contribution in [0.2, 0.25) is 0 Å². The van der Waals surface area contributed by atoms with E-state index in [4.69, 9.17) is 4.74 Å². The molecule has 1 amide bonds. The molecule has 112 valence electrons. The summed E-state index contributed by atoms with van der Waals surface area (Å²) in [5.74, 6) is 0.734. The van der Waals surface area contributed by atoms with Crippen molar-refractivity contribution in [2.75, 3.05) is 26.2 Å². The fourth-order valence-corrected chi connectivity index (χ4v) is 2.18. The number of amides is 1. The van der Waals surface area contributed by atoms with Gasteiger partial charge in [0.2, 0.25) is 0 Å². The smallest absolute Gasteiger partial charge is 0.257 e. The highest BCUT2D eigenvalue weighted by Gasteiger charge is 2.07. The van der Waals surface area contributed by atoms with E-state index in [0.29, 0.717) is 6.54 Å². The molecule has 0 heterocycles. The van der Waals surface area contributed by atoms with Crippen LogP contribution in [-0.4, -0.2) is 32.1 Å². The fraction of sp³-hybridized carbons (Fsp3) is 0.562. The largest absolute Gasteiger partial charge is 0.483 e. The van der Waals surface area contributed by atoms with Crippen LogP contribution in [0.5, 0.6) is 5.75 Å². The average molecular weight is 278 g/mol. The van der Waals surface area contributed by atoms with Crippen LogP contribution in [0.4, 0.5) is 0 Å². The van der Waals surface area contributed by atoms with Gasteiger partial charge >= 0.3 is 0 Å². The van der Waals surface area contributed by atoms with Crippen molar-refractivity contribution < 1.29 is 9.53 Å². The number of ether oxygens (including phenoxy) is 1. The van der Waals surface area contributed by atoms with E-state index in [9.17, 15) is 4.79 Å². The van der Waals surface area contributed by atoms with Gasteiger partial charge in [0.05, 0.1) is 0 Å². The molecule has 0 aliphatic rings. The van der Waals surface area contributed by atoms with Crippen molar-refractivity contribution in [3.05, 3.63) is 28.8 Å². The number of benzene rings is 1. The van der Waals surface area contributed by atoms with Crippen LogP contribution in [0.1, 0.15) is 30.0 Å². The number of hydrogen-bond donors (Lipinski definition) is 2. The van der Waals surface area contributed by atoms with E-state index in [1.165, 1.54) is 5.56 Å². The van der Waals surface area contributed by atoms with Gasteiger partial charge in [-0.3, -0.25) is 4.79 Å². The minimum Gasteiger partial charge on any atom is -0.483 e. The second-order valence-corrected chi connectivity index (χ2v) is 5.12. The Morgan fingerprint density at radius 1 is 1.10 bits per heavy atom. The molecule has 0 unspecified atom stereocenters. The third-order valence-corrected chi connectivity index (χ3v) is 3.00. The van der Waals surface area contributed by atoms with Crippen LogP contribution in [0, 0.1) is 20.8 Å². The zero-order valence-corrected chi connectivity index (χ0v) is 13.0. The maximum absolute atomic E-state index is 11.7. The number of rotatable bonds is 8. The summed E-state index contributed by atoms with van der Waals surface area (Å²) in [6.07, 6.45) is 1.10. The first-order valence-corrected chi connectivity index (χ1v) is 7.22. The summed E-state index contributed by atoms with van der Waals surface area (Å²) in [7, 11) is 0. The molecule has 1 aromatic carbocycles. The monoisotopic (exact) mass is 278 g/mol. The summed E-state index contributed by atoms with van der Waals surface area (Å²) in [5.41, 5.74) is 3.35. The van der Waals surface area contributed by atoms with E-state index in [1.807, 2.05) is 13.8 Å². The minimum atomic E-state index is -0.0809. The maximum atomic E-state index is 11.7. The van der Waals surface area contributed by atoms with Crippen molar-refractivity contribution in [2.45, 2.75) is 34.1 Å². The van der Waals surface area contributed by atoms with E-state index in [1.54, 1.807) is 0 Å². The van der Waals surface area contributed by atoms with Crippen LogP contribution in [0.15, 0.2) is 12.1 Å². The zero-order chi connectivity index (χ0) is 15.0. The van der Waals surface area contributed by atoms with Crippen molar-refractivity contribution in [1.82, 2.24) is 10.6 Å². The molecule has 0 saturated heterocycles. The topological polar surface area (TPSA) is 50.4 Å². The number of nitrogens with one attached hydrogen (secondary N) is 2. The number of hydrogen-bond acceptors (Lipinski definition) is 3. The molecule has 0 radical (unpaired) electrons. The molecule has 0 spiro atoms. The van der Waals surface area contributed by atoms with Gasteiger partial charge in [0.25, 0.3) is 5.91 Å². The second-order valence-electron chi connectivity index (χ2n) is 5.12. The summed E-state index contributed by atoms with van der Waals surface area (Å²) < 4.78 is 5.63. The Labute approximate surface area is 121 Å². The minimum absolute atomic E-state index is 0.0680. The van der Waals surface area contributed by atoms with Gasteiger partial charge in [-0.2, -0.15) is 0 Å². The fourth-order valence-electron chi connectivity index (χ4n) is 2.18. The predicted molar refractivity (Wildman–Crippen MR) is 82.3 cm³/mol. The van der Waals surface area contributed by atoms with Crippen LogP contribution in [0.25, 0.3) is 0 Å². The Kier molecular flexibility index (Phi) is 7.09. The molecule has 2 N–H and O–H groups in total. The van der Waals surface area contributed by atoms with Crippen LogP contribution >= 0.6 is 0 Å². The van der Waals surface area contributed by atoms with Crippen LogP contribution in [0.3, 0.4) is 0 Å². The lowest BCUT2D eigenvalue weighted by Crippen LogP contribution is -2.35. The second kappa shape index (κ2) is 8.59. The molecule has 0 aromatic heterocycles. The Hall–Kier alpha value is -1.55. The lowest BCUT2D eigenvalue weighted by atomic mass is 10.1. The highest BCUT2D eigenvalue weighted by atomic mass is 16.5. The van der Waals surface area contributed by atoms with Crippen LogP contribution < -0.4 is 15.4 Å². The first-order valence-electron chi connectivity index (χ1n) is 7.22. The van der Waals surface area contributed by atoms with Gasteiger partial charge in [0, 0.05) is 13.1 Å². The quantitative estimate of drug-likeness (QED) is 0.716. The number of carbonyl (C=O) groups is 1. The first kappa shape index (κ1) is 16.5.